The van der Waals surface area contributed by atoms with Crippen LogP contribution in [-0.2, 0) is 0 Å². The monoisotopic (exact) mass is 460 g/mol. The first-order valence-electron chi connectivity index (χ1n) is 10.9. The van der Waals surface area contributed by atoms with Crippen molar-refractivity contribution in [2.75, 3.05) is 50.2 Å². The van der Waals surface area contributed by atoms with Crippen molar-refractivity contribution >= 4 is 34.0 Å². The number of rotatable bonds is 5. The van der Waals surface area contributed by atoms with Gasteiger partial charge in [0.15, 0.2) is 17.3 Å². The fourth-order valence-corrected chi connectivity index (χ4v) is 4.35. The Morgan fingerprint density at radius 1 is 0.758 bits per heavy atom. The number of piperazine rings is 1. The van der Waals surface area contributed by atoms with E-state index in [1.165, 1.54) is 5.69 Å². The molecule has 0 amide bonds. The molecule has 4 aromatic rings. The second-order valence-corrected chi connectivity index (χ2v) is 8.35. The zero-order valence-corrected chi connectivity index (χ0v) is 19.4. The van der Waals surface area contributed by atoms with Crippen molar-refractivity contribution < 1.29 is 9.47 Å². The number of methoxy groups -OCH3 is 2. The molecule has 7 heteroatoms. The lowest BCUT2D eigenvalue weighted by molar-refractivity contribution is 0.356. The van der Waals surface area contributed by atoms with Crippen LogP contribution in [0.1, 0.15) is 0 Å². The van der Waals surface area contributed by atoms with E-state index < -0.39 is 0 Å². The molecule has 0 N–H and O–H groups in total. The first kappa shape index (κ1) is 21.3. The number of hydrogen-bond donors (Lipinski definition) is 0. The summed E-state index contributed by atoms with van der Waals surface area (Å²) >= 11 is 6.06. The van der Waals surface area contributed by atoms with E-state index in [0.717, 1.165) is 53.5 Å². The fourth-order valence-electron chi connectivity index (χ4n) is 4.23. The van der Waals surface area contributed by atoms with E-state index in [0.29, 0.717) is 17.3 Å². The maximum Gasteiger partial charge on any atom is 0.162 e. The molecule has 2 heterocycles. The molecule has 1 aliphatic heterocycles. The van der Waals surface area contributed by atoms with Gasteiger partial charge >= 0.3 is 0 Å². The molecule has 0 saturated carbocycles. The van der Waals surface area contributed by atoms with Crippen molar-refractivity contribution in [3.63, 3.8) is 0 Å². The van der Waals surface area contributed by atoms with Crippen LogP contribution in [0.25, 0.3) is 22.3 Å². The Morgan fingerprint density at radius 2 is 1.39 bits per heavy atom. The SMILES string of the molecule is COc1cc2nc(-c3ccccc3)nc(N3CCN(c4ccc(Cl)cc4)CC3)c2cc1OC. The van der Waals surface area contributed by atoms with E-state index in [2.05, 4.69) is 21.9 Å². The van der Waals surface area contributed by atoms with Crippen LogP contribution in [0.15, 0.2) is 66.7 Å². The minimum atomic E-state index is 0.654. The zero-order valence-electron chi connectivity index (χ0n) is 18.7. The third-order valence-electron chi connectivity index (χ3n) is 5.98. The van der Waals surface area contributed by atoms with Crippen LogP contribution in [0.2, 0.25) is 5.02 Å². The molecule has 0 bridgehead atoms. The second kappa shape index (κ2) is 9.16. The first-order valence-corrected chi connectivity index (χ1v) is 11.3. The van der Waals surface area contributed by atoms with Gasteiger partial charge in [-0.2, -0.15) is 0 Å². The Labute approximate surface area is 198 Å². The summed E-state index contributed by atoms with van der Waals surface area (Å²) < 4.78 is 11.1. The summed E-state index contributed by atoms with van der Waals surface area (Å²) in [6.45, 7) is 3.47. The van der Waals surface area contributed by atoms with Crippen molar-refractivity contribution in [3.8, 4) is 22.9 Å². The van der Waals surface area contributed by atoms with Crippen LogP contribution in [0.4, 0.5) is 11.5 Å². The second-order valence-electron chi connectivity index (χ2n) is 7.91. The van der Waals surface area contributed by atoms with Crippen LogP contribution < -0.4 is 19.3 Å². The third-order valence-corrected chi connectivity index (χ3v) is 6.24. The largest absolute Gasteiger partial charge is 0.493 e. The van der Waals surface area contributed by atoms with E-state index in [9.17, 15) is 0 Å². The standard InChI is InChI=1S/C26H25ClN4O2/c1-32-23-16-21-22(17-24(23)33-2)28-25(18-6-4-3-5-7-18)29-26(21)31-14-12-30(13-15-31)20-10-8-19(27)9-11-20/h3-11,16-17H,12-15H2,1-2H3. The zero-order chi connectivity index (χ0) is 22.8. The van der Waals surface area contributed by atoms with E-state index >= 15 is 0 Å². The lowest BCUT2D eigenvalue weighted by atomic mass is 10.1. The Balaban J connectivity index is 1.54. The first-order chi connectivity index (χ1) is 16.2. The topological polar surface area (TPSA) is 50.7 Å². The van der Waals surface area contributed by atoms with E-state index in [4.69, 9.17) is 31.0 Å². The molecule has 168 valence electrons. The Bertz CT molecular complexity index is 1260. The Morgan fingerprint density at radius 3 is 2.06 bits per heavy atom. The van der Waals surface area contributed by atoms with Crippen molar-refractivity contribution in [2.45, 2.75) is 0 Å². The number of fused-ring (bicyclic) bond motifs is 1. The average molecular weight is 461 g/mol. The number of hydrogen-bond acceptors (Lipinski definition) is 6. The quantitative estimate of drug-likeness (QED) is 0.403. The highest BCUT2D eigenvalue weighted by Gasteiger charge is 2.23. The van der Waals surface area contributed by atoms with Gasteiger partial charge in [-0.05, 0) is 30.3 Å². The summed E-state index contributed by atoms with van der Waals surface area (Å²) in [7, 11) is 3.29. The summed E-state index contributed by atoms with van der Waals surface area (Å²) in [5, 5.41) is 1.70. The smallest absolute Gasteiger partial charge is 0.162 e. The summed E-state index contributed by atoms with van der Waals surface area (Å²) in [6.07, 6.45) is 0. The highest BCUT2D eigenvalue weighted by atomic mass is 35.5. The Kier molecular flexibility index (Phi) is 5.92. The number of aromatic nitrogens is 2. The average Bonchev–Trinajstić information content (AvgIpc) is 2.88. The summed E-state index contributed by atoms with van der Waals surface area (Å²) in [6, 6.07) is 22.0. The fraction of sp³-hybridized carbons (Fsp3) is 0.231. The third kappa shape index (κ3) is 4.26. The molecule has 1 aliphatic rings. The molecular weight excluding hydrogens is 436 g/mol. The number of halogens is 1. The van der Waals surface area contributed by atoms with Crippen LogP contribution in [0.5, 0.6) is 11.5 Å². The molecule has 1 saturated heterocycles. The lowest BCUT2D eigenvalue weighted by Gasteiger charge is -2.37. The van der Waals surface area contributed by atoms with Gasteiger partial charge in [-0.3, -0.25) is 0 Å². The predicted molar refractivity (Wildman–Crippen MR) is 134 cm³/mol. The van der Waals surface area contributed by atoms with Gasteiger partial charge in [-0.25, -0.2) is 9.97 Å². The number of ether oxygens (including phenoxy) is 2. The van der Waals surface area contributed by atoms with Crippen molar-refractivity contribution in [3.05, 3.63) is 71.8 Å². The van der Waals surface area contributed by atoms with Gasteiger partial charge in [-0.1, -0.05) is 41.9 Å². The van der Waals surface area contributed by atoms with Crippen LogP contribution >= 0.6 is 11.6 Å². The molecule has 5 rings (SSSR count). The van der Waals surface area contributed by atoms with E-state index in [1.54, 1.807) is 14.2 Å². The number of benzene rings is 3. The molecule has 1 fully saturated rings. The number of nitrogens with zero attached hydrogens (tertiary/aromatic N) is 4. The molecular formula is C26H25ClN4O2. The molecule has 33 heavy (non-hydrogen) atoms. The maximum absolute atomic E-state index is 6.06. The summed E-state index contributed by atoms with van der Waals surface area (Å²) in [5.41, 5.74) is 3.00. The molecule has 1 aromatic heterocycles. The Hall–Kier alpha value is -3.51. The molecule has 0 aliphatic carbocycles. The lowest BCUT2D eigenvalue weighted by Crippen LogP contribution is -2.47. The molecule has 3 aromatic carbocycles. The molecule has 0 unspecified atom stereocenters. The van der Waals surface area contributed by atoms with Crippen molar-refractivity contribution in [2.24, 2.45) is 0 Å². The van der Waals surface area contributed by atoms with E-state index in [-0.39, 0.29) is 0 Å². The minimum absolute atomic E-state index is 0.654. The summed E-state index contributed by atoms with van der Waals surface area (Å²) in [5.74, 6) is 2.93. The van der Waals surface area contributed by atoms with Crippen molar-refractivity contribution in [1.82, 2.24) is 9.97 Å². The molecule has 0 spiro atoms. The maximum atomic E-state index is 6.06. The van der Waals surface area contributed by atoms with Gasteiger partial charge in [0, 0.05) is 53.9 Å². The summed E-state index contributed by atoms with van der Waals surface area (Å²) in [4.78, 5) is 14.6. The molecule has 0 radical (unpaired) electrons. The van der Waals surface area contributed by atoms with Gasteiger partial charge in [0.25, 0.3) is 0 Å². The van der Waals surface area contributed by atoms with Gasteiger partial charge < -0.3 is 19.3 Å². The molecule has 6 nitrogen and oxygen atoms in total. The van der Waals surface area contributed by atoms with Crippen LogP contribution in [0.3, 0.4) is 0 Å². The highest BCUT2D eigenvalue weighted by Crippen LogP contribution is 2.37. The van der Waals surface area contributed by atoms with Gasteiger partial charge in [0.2, 0.25) is 0 Å². The predicted octanol–water partition coefficient (Wildman–Crippen LogP) is 5.29. The van der Waals surface area contributed by atoms with E-state index in [1.807, 2.05) is 54.6 Å². The molecule has 0 atom stereocenters. The van der Waals surface area contributed by atoms with Gasteiger partial charge in [0.05, 0.1) is 19.7 Å². The number of anilines is 2. The van der Waals surface area contributed by atoms with Crippen LogP contribution in [-0.4, -0.2) is 50.4 Å². The van der Waals surface area contributed by atoms with Crippen molar-refractivity contribution in [1.29, 1.82) is 0 Å². The minimum Gasteiger partial charge on any atom is -0.493 e. The highest BCUT2D eigenvalue weighted by molar-refractivity contribution is 6.30. The van der Waals surface area contributed by atoms with Gasteiger partial charge in [0.1, 0.15) is 5.82 Å². The van der Waals surface area contributed by atoms with Crippen LogP contribution in [0, 0.1) is 0 Å². The normalized spacial score (nSPS) is 13.9. The van der Waals surface area contributed by atoms with Gasteiger partial charge in [-0.15, -0.1) is 0 Å².